The van der Waals surface area contributed by atoms with E-state index in [9.17, 15) is 0 Å². The van der Waals surface area contributed by atoms with Gasteiger partial charge in [0.05, 0.1) is 19.3 Å². The van der Waals surface area contributed by atoms with Gasteiger partial charge in [-0.1, -0.05) is 0 Å². The maximum atomic E-state index is 5.41. The van der Waals surface area contributed by atoms with Crippen LogP contribution in [0.15, 0.2) is 0 Å². The van der Waals surface area contributed by atoms with Crippen LogP contribution >= 0.6 is 0 Å². The Bertz CT molecular complexity index is 106. The molecule has 3 nitrogen and oxygen atoms in total. The van der Waals surface area contributed by atoms with Crippen LogP contribution < -0.4 is 0 Å². The van der Waals surface area contributed by atoms with Gasteiger partial charge in [-0.3, -0.25) is 0 Å². The van der Waals surface area contributed by atoms with Crippen LogP contribution in [0.1, 0.15) is 20.3 Å². The summed E-state index contributed by atoms with van der Waals surface area (Å²) in [5, 5.41) is 0. The Hall–Kier alpha value is -0.120. The van der Waals surface area contributed by atoms with Crippen molar-refractivity contribution in [1.82, 2.24) is 0 Å². The van der Waals surface area contributed by atoms with Crippen molar-refractivity contribution in [1.29, 1.82) is 0 Å². The molecule has 1 aliphatic heterocycles. The van der Waals surface area contributed by atoms with Gasteiger partial charge in [0.25, 0.3) is 0 Å². The van der Waals surface area contributed by atoms with Crippen LogP contribution in [0.2, 0.25) is 0 Å². The molecule has 0 N–H and O–H groups in total. The van der Waals surface area contributed by atoms with E-state index in [1.54, 1.807) is 0 Å². The minimum atomic E-state index is -0.0690. The first kappa shape index (κ1) is 8.97. The van der Waals surface area contributed by atoms with Crippen LogP contribution in [-0.2, 0) is 14.2 Å². The molecule has 3 heteroatoms. The summed E-state index contributed by atoms with van der Waals surface area (Å²) >= 11 is 0. The van der Waals surface area contributed by atoms with Crippen LogP contribution in [0, 0.1) is 0 Å². The lowest BCUT2D eigenvalue weighted by atomic mass is 10.3. The number of hydrogen-bond donors (Lipinski definition) is 0. The van der Waals surface area contributed by atoms with Crippen LogP contribution in [0.3, 0.4) is 0 Å². The maximum absolute atomic E-state index is 5.41. The van der Waals surface area contributed by atoms with Crippen LogP contribution in [-0.4, -0.2) is 32.2 Å². The van der Waals surface area contributed by atoms with Gasteiger partial charge in [-0.2, -0.15) is 0 Å². The molecule has 66 valence electrons. The Morgan fingerprint density at radius 1 is 1.45 bits per heavy atom. The minimum absolute atomic E-state index is 0.0690. The highest BCUT2D eigenvalue weighted by atomic mass is 16.7. The molecule has 0 radical (unpaired) electrons. The van der Waals surface area contributed by atoms with E-state index in [1.807, 2.05) is 13.8 Å². The third-order valence-corrected chi connectivity index (χ3v) is 1.71. The molecule has 2 atom stereocenters. The van der Waals surface area contributed by atoms with Crippen LogP contribution in [0.5, 0.6) is 0 Å². The molecule has 0 unspecified atom stereocenters. The van der Waals surface area contributed by atoms with Crippen molar-refractivity contribution in [2.24, 2.45) is 0 Å². The van der Waals surface area contributed by atoms with Crippen molar-refractivity contribution in [2.75, 3.05) is 19.8 Å². The SMILES string of the molecule is CCO[C@@H]1CCO[C@H](C)OC1. The zero-order chi connectivity index (χ0) is 8.10. The average Bonchev–Trinajstić information content (AvgIpc) is 2.17. The van der Waals surface area contributed by atoms with Gasteiger partial charge in [0.2, 0.25) is 0 Å². The Kier molecular flexibility index (Phi) is 3.83. The van der Waals surface area contributed by atoms with Crippen molar-refractivity contribution < 1.29 is 14.2 Å². The molecular weight excluding hydrogens is 144 g/mol. The molecule has 0 amide bonds. The topological polar surface area (TPSA) is 27.7 Å². The minimum Gasteiger partial charge on any atom is -0.376 e. The van der Waals surface area contributed by atoms with Gasteiger partial charge in [-0.15, -0.1) is 0 Å². The van der Waals surface area contributed by atoms with Gasteiger partial charge in [-0.05, 0) is 20.3 Å². The van der Waals surface area contributed by atoms with E-state index in [0.717, 1.165) is 19.6 Å². The predicted octanol–water partition coefficient (Wildman–Crippen LogP) is 1.17. The van der Waals surface area contributed by atoms with E-state index in [4.69, 9.17) is 14.2 Å². The zero-order valence-corrected chi connectivity index (χ0v) is 7.21. The molecule has 1 heterocycles. The Balaban J connectivity index is 2.22. The molecule has 0 bridgehead atoms. The molecule has 0 saturated carbocycles. The van der Waals surface area contributed by atoms with Crippen molar-refractivity contribution in [3.8, 4) is 0 Å². The smallest absolute Gasteiger partial charge is 0.154 e. The second-order valence-electron chi connectivity index (χ2n) is 2.64. The van der Waals surface area contributed by atoms with E-state index in [2.05, 4.69) is 0 Å². The largest absolute Gasteiger partial charge is 0.376 e. The highest BCUT2D eigenvalue weighted by Crippen LogP contribution is 2.08. The van der Waals surface area contributed by atoms with Crippen molar-refractivity contribution in [3.63, 3.8) is 0 Å². The molecule has 1 aliphatic rings. The van der Waals surface area contributed by atoms with Gasteiger partial charge in [0.1, 0.15) is 0 Å². The second kappa shape index (κ2) is 4.70. The van der Waals surface area contributed by atoms with Gasteiger partial charge in [0, 0.05) is 6.61 Å². The highest BCUT2D eigenvalue weighted by Gasteiger charge is 2.15. The summed E-state index contributed by atoms with van der Waals surface area (Å²) in [6, 6.07) is 0. The van der Waals surface area contributed by atoms with E-state index in [-0.39, 0.29) is 12.4 Å². The summed E-state index contributed by atoms with van der Waals surface area (Å²) in [5.41, 5.74) is 0. The number of hydrogen-bond acceptors (Lipinski definition) is 3. The van der Waals surface area contributed by atoms with Crippen LogP contribution in [0.25, 0.3) is 0 Å². The quantitative estimate of drug-likeness (QED) is 0.607. The first-order valence-electron chi connectivity index (χ1n) is 4.17. The normalized spacial score (nSPS) is 33.3. The summed E-state index contributed by atoms with van der Waals surface area (Å²) in [5.74, 6) is 0. The van der Waals surface area contributed by atoms with E-state index in [0.29, 0.717) is 6.61 Å². The summed E-state index contributed by atoms with van der Waals surface area (Å²) < 4.78 is 16.0. The lowest BCUT2D eigenvalue weighted by molar-refractivity contribution is -0.122. The highest BCUT2D eigenvalue weighted by molar-refractivity contribution is 4.59. The predicted molar refractivity (Wildman–Crippen MR) is 41.4 cm³/mol. The summed E-state index contributed by atoms with van der Waals surface area (Å²) in [6.07, 6.45) is 1.10. The van der Waals surface area contributed by atoms with Crippen molar-refractivity contribution >= 4 is 0 Å². The molecule has 11 heavy (non-hydrogen) atoms. The molecule has 0 aromatic heterocycles. The first-order valence-corrected chi connectivity index (χ1v) is 4.17. The zero-order valence-electron chi connectivity index (χ0n) is 7.21. The lowest BCUT2D eigenvalue weighted by Crippen LogP contribution is -2.19. The van der Waals surface area contributed by atoms with Crippen molar-refractivity contribution in [2.45, 2.75) is 32.7 Å². The van der Waals surface area contributed by atoms with Crippen LogP contribution in [0.4, 0.5) is 0 Å². The molecule has 0 aromatic carbocycles. The first-order chi connectivity index (χ1) is 5.33. The molecule has 1 saturated heterocycles. The standard InChI is InChI=1S/C8H16O3/c1-3-9-8-4-5-10-7(2)11-6-8/h7-8H,3-6H2,1-2H3/t7-,8+/m0/s1. The van der Waals surface area contributed by atoms with Gasteiger partial charge in [0.15, 0.2) is 6.29 Å². The third kappa shape index (κ3) is 3.18. The van der Waals surface area contributed by atoms with E-state index >= 15 is 0 Å². The second-order valence-corrected chi connectivity index (χ2v) is 2.64. The fourth-order valence-corrected chi connectivity index (χ4v) is 1.11. The number of rotatable bonds is 2. The molecule has 1 fully saturated rings. The molecule has 1 rings (SSSR count). The fraction of sp³-hybridized carbons (Fsp3) is 1.00. The molecular formula is C8H16O3. The Morgan fingerprint density at radius 2 is 2.27 bits per heavy atom. The van der Waals surface area contributed by atoms with E-state index < -0.39 is 0 Å². The van der Waals surface area contributed by atoms with Gasteiger partial charge < -0.3 is 14.2 Å². The van der Waals surface area contributed by atoms with Crippen molar-refractivity contribution in [3.05, 3.63) is 0 Å². The monoisotopic (exact) mass is 160 g/mol. The van der Waals surface area contributed by atoms with Gasteiger partial charge in [-0.25, -0.2) is 0 Å². The molecule has 0 aliphatic carbocycles. The molecule has 0 spiro atoms. The number of ether oxygens (including phenoxy) is 3. The average molecular weight is 160 g/mol. The maximum Gasteiger partial charge on any atom is 0.154 e. The molecule has 0 aromatic rings. The van der Waals surface area contributed by atoms with Gasteiger partial charge >= 0.3 is 0 Å². The Labute approximate surface area is 67.6 Å². The summed E-state index contributed by atoms with van der Waals surface area (Å²) in [7, 11) is 0. The summed E-state index contributed by atoms with van der Waals surface area (Å²) in [6.45, 7) is 6.06. The lowest BCUT2D eigenvalue weighted by Gasteiger charge is -2.12. The Morgan fingerprint density at radius 3 is 3.00 bits per heavy atom. The fourth-order valence-electron chi connectivity index (χ4n) is 1.11. The van der Waals surface area contributed by atoms with E-state index in [1.165, 1.54) is 0 Å². The third-order valence-electron chi connectivity index (χ3n) is 1.71. The summed E-state index contributed by atoms with van der Waals surface area (Å²) in [4.78, 5) is 0.